The lowest BCUT2D eigenvalue weighted by molar-refractivity contribution is -0.0737. The molecule has 0 bridgehead atoms. The summed E-state index contributed by atoms with van der Waals surface area (Å²) in [4.78, 5) is 37.9. The molecule has 1 aliphatic heterocycles. The third kappa shape index (κ3) is 5.07. The van der Waals surface area contributed by atoms with Crippen LogP contribution in [0.4, 0.5) is 5.69 Å². The highest BCUT2D eigenvalue weighted by Gasteiger charge is 2.42. The number of methoxy groups -OCH3 is 1. The molecule has 0 radical (unpaired) electrons. The Morgan fingerprint density at radius 3 is 1.79 bits per heavy atom. The number of nitrogens with one attached hydrogen (secondary N) is 2. The van der Waals surface area contributed by atoms with Crippen LogP contribution in [0.3, 0.4) is 0 Å². The predicted molar refractivity (Wildman–Crippen MR) is 128 cm³/mol. The molecular formula is C26H31N3O5. The molecule has 1 saturated carbocycles. The molecule has 180 valence electrons. The summed E-state index contributed by atoms with van der Waals surface area (Å²) in [5.74, 6) is -1.37. The topological polar surface area (TPSA) is 108 Å². The number of rotatable bonds is 6. The first-order valence-corrected chi connectivity index (χ1v) is 11.8. The summed E-state index contributed by atoms with van der Waals surface area (Å²) >= 11 is 0. The van der Waals surface area contributed by atoms with E-state index in [2.05, 4.69) is 15.8 Å². The molecular weight excluding hydrogens is 434 g/mol. The average molecular weight is 466 g/mol. The molecule has 0 spiro atoms. The second-order valence-electron chi connectivity index (χ2n) is 9.07. The van der Waals surface area contributed by atoms with Gasteiger partial charge >= 0.3 is 5.97 Å². The number of benzene rings is 2. The number of piperidine rings is 1. The van der Waals surface area contributed by atoms with Gasteiger partial charge in [0.2, 0.25) is 0 Å². The quantitative estimate of drug-likeness (QED) is 0.562. The van der Waals surface area contributed by atoms with Crippen molar-refractivity contribution >= 4 is 23.5 Å². The number of aromatic carboxylic acids is 1. The molecule has 1 heterocycles. The highest BCUT2D eigenvalue weighted by atomic mass is 16.5. The van der Waals surface area contributed by atoms with Gasteiger partial charge in [-0.05, 0) is 80.1 Å². The lowest BCUT2D eigenvalue weighted by Gasteiger charge is -2.45. The van der Waals surface area contributed by atoms with Crippen molar-refractivity contribution in [3.63, 3.8) is 0 Å². The molecule has 34 heavy (non-hydrogen) atoms. The summed E-state index contributed by atoms with van der Waals surface area (Å²) < 4.78 is 6.05. The van der Waals surface area contributed by atoms with E-state index in [1.54, 1.807) is 12.1 Å². The zero-order valence-corrected chi connectivity index (χ0v) is 19.4. The number of nitrogens with zero attached hydrogens (tertiary/aromatic N) is 1. The van der Waals surface area contributed by atoms with E-state index in [4.69, 9.17) is 9.84 Å². The molecule has 2 aliphatic rings. The first-order valence-electron chi connectivity index (χ1n) is 11.8. The summed E-state index contributed by atoms with van der Waals surface area (Å²) in [5, 5.41) is 8.93. The number of amides is 2. The molecule has 2 aromatic rings. The number of ether oxygens (including phenoxy) is 1. The van der Waals surface area contributed by atoms with E-state index in [-0.39, 0.29) is 16.7 Å². The summed E-state index contributed by atoms with van der Waals surface area (Å²) in [6, 6.07) is 12.8. The molecule has 1 saturated heterocycles. The molecule has 8 heteroatoms. The van der Waals surface area contributed by atoms with Crippen LogP contribution < -0.4 is 15.8 Å². The highest BCUT2D eigenvalue weighted by Crippen LogP contribution is 2.43. The van der Waals surface area contributed by atoms with E-state index in [1.165, 1.54) is 49.9 Å². The predicted octanol–water partition coefficient (Wildman–Crippen LogP) is 3.64. The highest BCUT2D eigenvalue weighted by molar-refractivity contribution is 5.99. The van der Waals surface area contributed by atoms with Crippen molar-refractivity contribution in [3.05, 3.63) is 65.2 Å². The first-order chi connectivity index (χ1) is 16.4. The van der Waals surface area contributed by atoms with Crippen molar-refractivity contribution in [3.8, 4) is 0 Å². The summed E-state index contributed by atoms with van der Waals surface area (Å²) in [5.41, 5.74) is 6.58. The van der Waals surface area contributed by atoms with Gasteiger partial charge in [0.05, 0.1) is 11.2 Å². The van der Waals surface area contributed by atoms with Crippen molar-refractivity contribution in [2.75, 3.05) is 25.1 Å². The maximum atomic E-state index is 12.4. The lowest BCUT2D eigenvalue weighted by Crippen LogP contribution is -2.49. The smallest absolute Gasteiger partial charge is 0.335 e. The van der Waals surface area contributed by atoms with Gasteiger partial charge in [0, 0.05) is 37.0 Å². The third-order valence-electron chi connectivity index (χ3n) is 7.29. The van der Waals surface area contributed by atoms with Gasteiger partial charge in [-0.2, -0.15) is 0 Å². The fourth-order valence-electron chi connectivity index (χ4n) is 5.22. The largest absolute Gasteiger partial charge is 0.478 e. The van der Waals surface area contributed by atoms with Crippen molar-refractivity contribution in [2.24, 2.45) is 5.92 Å². The SMILES string of the molecule is COC1(C2CCCC2)CCN(c2ccc(C(=O)NNC(=O)c3ccc(C(=O)O)cc3)cc2)CC1. The Labute approximate surface area is 199 Å². The fourth-order valence-corrected chi connectivity index (χ4v) is 5.22. The Morgan fingerprint density at radius 2 is 1.32 bits per heavy atom. The van der Waals surface area contributed by atoms with Crippen molar-refractivity contribution < 1.29 is 24.2 Å². The minimum Gasteiger partial charge on any atom is -0.478 e. The van der Waals surface area contributed by atoms with Crippen LogP contribution in [0.25, 0.3) is 0 Å². The van der Waals surface area contributed by atoms with Gasteiger partial charge < -0.3 is 14.7 Å². The van der Waals surface area contributed by atoms with E-state index in [0.29, 0.717) is 11.5 Å². The van der Waals surface area contributed by atoms with E-state index < -0.39 is 17.8 Å². The molecule has 1 aliphatic carbocycles. The number of carbonyl (C=O) groups is 3. The van der Waals surface area contributed by atoms with Crippen LogP contribution in [0.2, 0.25) is 0 Å². The fraction of sp³-hybridized carbons (Fsp3) is 0.423. The van der Waals surface area contributed by atoms with Crippen LogP contribution in [0.15, 0.2) is 48.5 Å². The number of carbonyl (C=O) groups excluding carboxylic acids is 2. The van der Waals surface area contributed by atoms with E-state index in [0.717, 1.165) is 31.6 Å². The maximum absolute atomic E-state index is 12.4. The number of hydrazine groups is 1. The Balaban J connectivity index is 1.29. The Kier molecular flexibility index (Phi) is 7.17. The van der Waals surface area contributed by atoms with Gasteiger partial charge in [0.1, 0.15) is 0 Å². The monoisotopic (exact) mass is 465 g/mol. The number of carboxylic acid groups (broad SMARTS) is 1. The first kappa shape index (κ1) is 23.8. The molecule has 2 aromatic carbocycles. The molecule has 0 atom stereocenters. The third-order valence-corrected chi connectivity index (χ3v) is 7.29. The number of anilines is 1. The second kappa shape index (κ2) is 10.3. The number of hydrogen-bond acceptors (Lipinski definition) is 5. The van der Waals surface area contributed by atoms with E-state index in [1.807, 2.05) is 19.2 Å². The van der Waals surface area contributed by atoms with Gasteiger partial charge in [-0.15, -0.1) is 0 Å². The molecule has 0 aromatic heterocycles. The van der Waals surface area contributed by atoms with Crippen molar-refractivity contribution in [1.82, 2.24) is 10.9 Å². The van der Waals surface area contributed by atoms with Gasteiger partial charge in [-0.1, -0.05) is 12.8 Å². The molecule has 0 unspecified atom stereocenters. The van der Waals surface area contributed by atoms with E-state index in [9.17, 15) is 14.4 Å². The molecule has 2 fully saturated rings. The molecule has 2 amide bonds. The number of carboxylic acids is 1. The molecule has 8 nitrogen and oxygen atoms in total. The van der Waals surface area contributed by atoms with E-state index >= 15 is 0 Å². The normalized spacial score (nSPS) is 17.9. The zero-order valence-electron chi connectivity index (χ0n) is 19.4. The van der Waals surface area contributed by atoms with Crippen LogP contribution in [0.1, 0.15) is 69.6 Å². The Hall–Kier alpha value is -3.39. The van der Waals surface area contributed by atoms with Gasteiger partial charge in [0.25, 0.3) is 11.8 Å². The van der Waals surface area contributed by atoms with Gasteiger partial charge in [-0.25, -0.2) is 4.79 Å². The molecule has 4 rings (SSSR count). The van der Waals surface area contributed by atoms with Gasteiger partial charge in [0.15, 0.2) is 0 Å². The van der Waals surface area contributed by atoms with Crippen LogP contribution in [-0.2, 0) is 4.74 Å². The zero-order chi connectivity index (χ0) is 24.1. The summed E-state index contributed by atoms with van der Waals surface area (Å²) in [6.45, 7) is 1.85. The van der Waals surface area contributed by atoms with Crippen LogP contribution in [0, 0.1) is 5.92 Å². The van der Waals surface area contributed by atoms with Crippen molar-refractivity contribution in [2.45, 2.75) is 44.1 Å². The lowest BCUT2D eigenvalue weighted by atomic mass is 9.78. The summed E-state index contributed by atoms with van der Waals surface area (Å²) in [6.07, 6.45) is 7.16. The standard InChI is InChI=1S/C26H31N3O5/c1-34-26(21-4-2-3-5-21)14-16-29(17-15-26)22-12-10-19(11-13-22)24(31)28-27-23(30)18-6-8-20(9-7-18)25(32)33/h6-13,21H,2-5,14-17H2,1H3,(H,27,30)(H,28,31)(H,32,33). The average Bonchev–Trinajstić information content (AvgIpc) is 3.43. The summed E-state index contributed by atoms with van der Waals surface area (Å²) in [7, 11) is 1.85. The Bertz CT molecular complexity index is 1020. The van der Waals surface area contributed by atoms with Gasteiger partial charge in [-0.3, -0.25) is 20.4 Å². The maximum Gasteiger partial charge on any atom is 0.335 e. The van der Waals surface area contributed by atoms with Crippen LogP contribution in [0.5, 0.6) is 0 Å². The minimum absolute atomic E-state index is 0.00101. The second-order valence-corrected chi connectivity index (χ2v) is 9.07. The number of hydrogen-bond donors (Lipinski definition) is 3. The van der Waals surface area contributed by atoms with Crippen LogP contribution in [-0.4, -0.2) is 48.7 Å². The van der Waals surface area contributed by atoms with Crippen LogP contribution >= 0.6 is 0 Å². The molecule has 3 N–H and O–H groups in total. The Morgan fingerprint density at radius 1 is 0.853 bits per heavy atom. The van der Waals surface area contributed by atoms with Crippen molar-refractivity contribution in [1.29, 1.82) is 0 Å². The minimum atomic E-state index is -1.07.